The molecule has 2 nitrogen and oxygen atoms in total. The van der Waals surface area contributed by atoms with Gasteiger partial charge in [0, 0.05) is 28.8 Å². The molecular formula is C20H18N2. The van der Waals surface area contributed by atoms with Gasteiger partial charge in [-0.05, 0) is 23.3 Å². The highest BCUT2D eigenvalue weighted by atomic mass is 15.0. The van der Waals surface area contributed by atoms with Crippen LogP contribution >= 0.6 is 0 Å². The molecule has 0 saturated carbocycles. The van der Waals surface area contributed by atoms with Crippen LogP contribution < -0.4 is 0 Å². The maximum absolute atomic E-state index is 4.42. The lowest BCUT2D eigenvalue weighted by atomic mass is 9.73. The number of allylic oxidation sites excluding steroid dienone is 1. The fraction of sp³-hybridized carbons (Fsp3) is 0.150. The van der Waals surface area contributed by atoms with Gasteiger partial charge in [-0.2, -0.15) is 0 Å². The molecule has 0 N–H and O–H groups in total. The Labute approximate surface area is 130 Å². The molecule has 0 bridgehead atoms. The average Bonchev–Trinajstić information content (AvgIpc) is 2.87. The zero-order valence-electron chi connectivity index (χ0n) is 12.9. The highest BCUT2D eigenvalue weighted by Crippen LogP contribution is 2.48. The Bertz CT molecular complexity index is 941. The predicted molar refractivity (Wildman–Crippen MR) is 93.2 cm³/mol. The summed E-state index contributed by atoms with van der Waals surface area (Å²) in [4.78, 5) is 4.29. The third-order valence-electron chi connectivity index (χ3n) is 4.87. The molecule has 22 heavy (non-hydrogen) atoms. The van der Waals surface area contributed by atoms with Crippen molar-refractivity contribution in [1.82, 2.24) is 9.55 Å². The van der Waals surface area contributed by atoms with Crippen molar-refractivity contribution in [2.75, 3.05) is 0 Å². The second kappa shape index (κ2) is 4.20. The van der Waals surface area contributed by atoms with Gasteiger partial charge in [-0.15, -0.1) is 0 Å². The molecule has 2 heteroatoms. The molecule has 0 fully saturated rings. The summed E-state index contributed by atoms with van der Waals surface area (Å²) in [5.41, 5.74) is 6.97. The highest BCUT2D eigenvalue weighted by Gasteiger charge is 2.36. The Morgan fingerprint density at radius 3 is 2.73 bits per heavy atom. The van der Waals surface area contributed by atoms with E-state index in [1.165, 1.54) is 11.3 Å². The summed E-state index contributed by atoms with van der Waals surface area (Å²) in [6, 6.07) is 10.6. The van der Waals surface area contributed by atoms with Crippen LogP contribution in [0.1, 0.15) is 30.7 Å². The summed E-state index contributed by atoms with van der Waals surface area (Å²) >= 11 is 0. The first-order valence-electron chi connectivity index (χ1n) is 7.48. The van der Waals surface area contributed by atoms with Gasteiger partial charge in [0.1, 0.15) is 0 Å². The summed E-state index contributed by atoms with van der Waals surface area (Å²) < 4.78 is 2.30. The van der Waals surface area contributed by atoms with E-state index < -0.39 is 0 Å². The van der Waals surface area contributed by atoms with E-state index in [1.807, 2.05) is 18.5 Å². The van der Waals surface area contributed by atoms with E-state index in [0.717, 1.165) is 27.7 Å². The van der Waals surface area contributed by atoms with Crippen LogP contribution in [0.25, 0.3) is 28.2 Å². The number of hydrogen-bond acceptors (Lipinski definition) is 1. The minimum atomic E-state index is -0.105. The number of hydrogen-bond donors (Lipinski definition) is 0. The van der Waals surface area contributed by atoms with Crippen LogP contribution in [0.15, 0.2) is 55.9 Å². The number of pyridine rings is 1. The molecule has 0 unspecified atom stereocenters. The normalized spacial score (nSPS) is 15.5. The van der Waals surface area contributed by atoms with Crippen LogP contribution in [-0.4, -0.2) is 9.55 Å². The van der Waals surface area contributed by atoms with Crippen molar-refractivity contribution in [2.24, 2.45) is 0 Å². The Morgan fingerprint density at radius 1 is 1.18 bits per heavy atom. The largest absolute Gasteiger partial charge is 0.309 e. The van der Waals surface area contributed by atoms with Crippen LogP contribution in [0.5, 0.6) is 0 Å². The molecule has 1 aliphatic rings. The second-order valence-electron chi connectivity index (χ2n) is 6.32. The maximum Gasteiger partial charge on any atom is 0.0576 e. The van der Waals surface area contributed by atoms with Crippen molar-refractivity contribution in [1.29, 1.82) is 0 Å². The summed E-state index contributed by atoms with van der Waals surface area (Å²) in [6.45, 7) is 12.9. The quantitative estimate of drug-likeness (QED) is 0.617. The zero-order chi connectivity index (χ0) is 15.5. The van der Waals surface area contributed by atoms with Gasteiger partial charge in [-0.1, -0.05) is 51.3 Å². The molecule has 0 aliphatic carbocycles. The van der Waals surface area contributed by atoms with Gasteiger partial charge in [0.25, 0.3) is 0 Å². The lowest BCUT2D eigenvalue weighted by molar-refractivity contribution is 0.665. The number of benzene rings is 1. The summed E-state index contributed by atoms with van der Waals surface area (Å²) in [7, 11) is 0. The molecule has 0 amide bonds. The molecule has 0 radical (unpaired) electrons. The Kier molecular flexibility index (Phi) is 2.50. The summed E-state index contributed by atoms with van der Waals surface area (Å²) in [5.74, 6) is 0. The number of rotatable bonds is 1. The van der Waals surface area contributed by atoms with Crippen LogP contribution in [-0.2, 0) is 5.41 Å². The third-order valence-corrected chi connectivity index (χ3v) is 4.87. The maximum atomic E-state index is 4.42. The van der Waals surface area contributed by atoms with E-state index in [1.54, 1.807) is 0 Å². The number of fused-ring (bicyclic) bond motifs is 5. The SMILES string of the molecule is C=Cc1c2n(c3ccncc13)-c1ccccc1C(C)(C)C2=C. The molecule has 3 aromatic rings. The predicted octanol–water partition coefficient (Wildman–Crippen LogP) is 4.97. The highest BCUT2D eigenvalue weighted by molar-refractivity contribution is 5.99. The van der Waals surface area contributed by atoms with Gasteiger partial charge in [-0.25, -0.2) is 0 Å². The fourth-order valence-electron chi connectivity index (χ4n) is 3.57. The minimum absolute atomic E-state index is 0.105. The molecular weight excluding hydrogens is 268 g/mol. The topological polar surface area (TPSA) is 17.8 Å². The number of aromatic nitrogens is 2. The minimum Gasteiger partial charge on any atom is -0.309 e. The standard InChI is InChI=1S/C20H18N2/c1-5-14-15-12-21-11-10-17(15)22-18-9-7-6-8-16(18)20(3,4)13(2)19(14)22/h5-12H,1-2H2,3-4H3. The van der Waals surface area contributed by atoms with Crippen molar-refractivity contribution in [3.05, 3.63) is 72.7 Å². The van der Waals surface area contributed by atoms with Crippen LogP contribution in [0.3, 0.4) is 0 Å². The summed E-state index contributed by atoms with van der Waals surface area (Å²) in [6.07, 6.45) is 5.68. The van der Waals surface area contributed by atoms with Crippen molar-refractivity contribution in [3.8, 4) is 5.69 Å². The Morgan fingerprint density at radius 2 is 1.95 bits per heavy atom. The molecule has 3 heterocycles. The lowest BCUT2D eigenvalue weighted by Crippen LogP contribution is -2.27. The second-order valence-corrected chi connectivity index (χ2v) is 6.32. The van der Waals surface area contributed by atoms with Crippen molar-refractivity contribution >= 4 is 22.6 Å². The van der Waals surface area contributed by atoms with Crippen molar-refractivity contribution in [3.63, 3.8) is 0 Å². The molecule has 4 rings (SSSR count). The van der Waals surface area contributed by atoms with Gasteiger partial charge in [0.05, 0.1) is 16.9 Å². The molecule has 0 spiro atoms. The van der Waals surface area contributed by atoms with Gasteiger partial charge in [0.2, 0.25) is 0 Å². The molecule has 108 valence electrons. The molecule has 1 aliphatic heterocycles. The Balaban J connectivity index is 2.27. The van der Waals surface area contributed by atoms with E-state index in [-0.39, 0.29) is 5.41 Å². The third kappa shape index (κ3) is 1.42. The van der Waals surface area contributed by atoms with Gasteiger partial charge >= 0.3 is 0 Å². The van der Waals surface area contributed by atoms with Gasteiger partial charge < -0.3 is 4.57 Å². The Hall–Kier alpha value is -2.61. The first-order chi connectivity index (χ1) is 10.6. The first kappa shape index (κ1) is 13.1. The van der Waals surface area contributed by atoms with Gasteiger partial charge in [-0.3, -0.25) is 4.98 Å². The average molecular weight is 286 g/mol. The fourth-order valence-corrected chi connectivity index (χ4v) is 3.57. The van der Waals surface area contributed by atoms with E-state index in [0.29, 0.717) is 0 Å². The van der Waals surface area contributed by atoms with Gasteiger partial charge in [0.15, 0.2) is 0 Å². The van der Waals surface area contributed by atoms with Crippen LogP contribution in [0, 0.1) is 0 Å². The van der Waals surface area contributed by atoms with Crippen LogP contribution in [0.2, 0.25) is 0 Å². The smallest absolute Gasteiger partial charge is 0.0576 e. The van der Waals surface area contributed by atoms with Crippen LogP contribution in [0.4, 0.5) is 0 Å². The monoisotopic (exact) mass is 286 g/mol. The first-order valence-corrected chi connectivity index (χ1v) is 7.48. The zero-order valence-corrected chi connectivity index (χ0v) is 12.9. The lowest BCUT2D eigenvalue weighted by Gasteiger charge is -2.36. The molecule has 0 saturated heterocycles. The van der Waals surface area contributed by atoms with E-state index >= 15 is 0 Å². The number of para-hydroxylation sites is 1. The molecule has 0 atom stereocenters. The van der Waals surface area contributed by atoms with E-state index in [2.05, 4.69) is 66.9 Å². The number of nitrogens with zero attached hydrogens (tertiary/aromatic N) is 2. The molecule has 2 aromatic heterocycles. The van der Waals surface area contributed by atoms with E-state index in [9.17, 15) is 0 Å². The van der Waals surface area contributed by atoms with Crippen molar-refractivity contribution in [2.45, 2.75) is 19.3 Å². The molecule has 1 aromatic carbocycles. The van der Waals surface area contributed by atoms with Crippen molar-refractivity contribution < 1.29 is 0 Å². The van der Waals surface area contributed by atoms with E-state index in [4.69, 9.17) is 0 Å². The summed E-state index contributed by atoms with van der Waals surface area (Å²) in [5, 5.41) is 1.13.